The fourth-order valence-corrected chi connectivity index (χ4v) is 1.64. The van der Waals surface area contributed by atoms with Crippen LogP contribution in [0, 0.1) is 12.7 Å². The number of rotatable bonds is 3. The van der Waals surface area contributed by atoms with E-state index >= 15 is 0 Å². The van der Waals surface area contributed by atoms with Crippen LogP contribution >= 0.6 is 11.6 Å². The molecule has 0 radical (unpaired) electrons. The number of hydrogen-bond acceptors (Lipinski definition) is 2. The van der Waals surface area contributed by atoms with Crippen molar-refractivity contribution in [2.45, 2.75) is 12.8 Å². The van der Waals surface area contributed by atoms with Crippen molar-refractivity contribution in [3.05, 3.63) is 53.5 Å². The zero-order valence-corrected chi connectivity index (χ0v) is 10.0. The Hall–Kier alpha value is -1.61. The van der Waals surface area contributed by atoms with Crippen LogP contribution in [0.4, 0.5) is 4.39 Å². The van der Waals surface area contributed by atoms with E-state index in [4.69, 9.17) is 16.3 Å². The summed E-state index contributed by atoms with van der Waals surface area (Å²) in [5, 5.41) is 0. The maximum Gasteiger partial charge on any atom is 0.219 e. The largest absolute Gasteiger partial charge is 0.439 e. The SMILES string of the molecule is Cc1cc(CCl)cc(Oc2cccc(F)c2)n1. The molecule has 0 spiro atoms. The fourth-order valence-electron chi connectivity index (χ4n) is 1.49. The monoisotopic (exact) mass is 251 g/mol. The Labute approximate surface area is 104 Å². The van der Waals surface area contributed by atoms with Gasteiger partial charge in [0.15, 0.2) is 0 Å². The molecule has 0 fully saturated rings. The first-order valence-electron chi connectivity index (χ1n) is 5.14. The van der Waals surface area contributed by atoms with Gasteiger partial charge in [0.25, 0.3) is 0 Å². The van der Waals surface area contributed by atoms with E-state index in [2.05, 4.69) is 4.98 Å². The van der Waals surface area contributed by atoms with Crippen LogP contribution in [0.5, 0.6) is 11.6 Å². The maximum absolute atomic E-state index is 13.0. The third kappa shape index (κ3) is 3.17. The third-order valence-electron chi connectivity index (χ3n) is 2.16. The van der Waals surface area contributed by atoms with Crippen LogP contribution in [-0.2, 0) is 5.88 Å². The second-order valence-corrected chi connectivity index (χ2v) is 3.92. The number of benzene rings is 1. The molecule has 1 aromatic carbocycles. The van der Waals surface area contributed by atoms with E-state index in [1.807, 2.05) is 13.0 Å². The van der Waals surface area contributed by atoms with Crippen LogP contribution in [0.1, 0.15) is 11.3 Å². The van der Waals surface area contributed by atoms with Crippen LogP contribution in [0.3, 0.4) is 0 Å². The normalized spacial score (nSPS) is 10.3. The molecule has 2 aromatic rings. The van der Waals surface area contributed by atoms with Crippen LogP contribution < -0.4 is 4.74 Å². The van der Waals surface area contributed by atoms with Gasteiger partial charge in [0, 0.05) is 23.7 Å². The average molecular weight is 252 g/mol. The highest BCUT2D eigenvalue weighted by Crippen LogP contribution is 2.22. The molecule has 2 nitrogen and oxygen atoms in total. The summed E-state index contributed by atoms with van der Waals surface area (Å²) >= 11 is 5.76. The summed E-state index contributed by atoms with van der Waals surface area (Å²) in [4.78, 5) is 4.20. The van der Waals surface area contributed by atoms with E-state index < -0.39 is 0 Å². The molecule has 1 aromatic heterocycles. The summed E-state index contributed by atoms with van der Waals surface area (Å²) in [7, 11) is 0. The average Bonchev–Trinajstić information content (AvgIpc) is 2.28. The van der Waals surface area contributed by atoms with E-state index in [9.17, 15) is 4.39 Å². The number of pyridine rings is 1. The lowest BCUT2D eigenvalue weighted by Crippen LogP contribution is -1.92. The first-order valence-corrected chi connectivity index (χ1v) is 5.68. The number of alkyl halides is 1. The van der Waals surface area contributed by atoms with Crippen LogP contribution in [0.2, 0.25) is 0 Å². The van der Waals surface area contributed by atoms with E-state index in [0.29, 0.717) is 17.5 Å². The van der Waals surface area contributed by atoms with E-state index in [1.165, 1.54) is 12.1 Å². The molecular formula is C13H11ClFNO. The van der Waals surface area contributed by atoms with Gasteiger partial charge in [-0.1, -0.05) is 6.07 Å². The Kier molecular flexibility index (Phi) is 3.59. The summed E-state index contributed by atoms with van der Waals surface area (Å²) in [5.41, 5.74) is 1.74. The predicted molar refractivity (Wildman–Crippen MR) is 65.0 cm³/mol. The Bertz CT molecular complexity index is 531. The van der Waals surface area contributed by atoms with Crippen molar-refractivity contribution < 1.29 is 9.13 Å². The second kappa shape index (κ2) is 5.15. The fraction of sp³-hybridized carbons (Fsp3) is 0.154. The lowest BCUT2D eigenvalue weighted by molar-refractivity contribution is 0.456. The van der Waals surface area contributed by atoms with Crippen LogP contribution in [-0.4, -0.2) is 4.98 Å². The molecule has 88 valence electrons. The molecule has 0 aliphatic rings. The van der Waals surface area contributed by atoms with Gasteiger partial charge < -0.3 is 4.74 Å². The number of nitrogens with zero attached hydrogens (tertiary/aromatic N) is 1. The summed E-state index contributed by atoms with van der Waals surface area (Å²) in [6.45, 7) is 1.86. The molecular weight excluding hydrogens is 241 g/mol. The van der Waals surface area contributed by atoms with Crippen molar-refractivity contribution in [2.75, 3.05) is 0 Å². The lowest BCUT2D eigenvalue weighted by Gasteiger charge is -2.07. The number of hydrogen-bond donors (Lipinski definition) is 0. The molecule has 0 aliphatic heterocycles. The molecule has 2 rings (SSSR count). The van der Waals surface area contributed by atoms with Gasteiger partial charge in [0.2, 0.25) is 5.88 Å². The van der Waals surface area contributed by atoms with Crippen molar-refractivity contribution in [3.8, 4) is 11.6 Å². The standard InChI is InChI=1S/C13H11ClFNO/c1-9-5-10(8-14)6-13(16-9)17-12-4-2-3-11(15)7-12/h2-7H,8H2,1H3. The lowest BCUT2D eigenvalue weighted by atomic mass is 10.2. The molecule has 0 amide bonds. The maximum atomic E-state index is 13.0. The first-order chi connectivity index (χ1) is 8.17. The van der Waals surface area contributed by atoms with Crippen molar-refractivity contribution in [2.24, 2.45) is 0 Å². The zero-order chi connectivity index (χ0) is 12.3. The summed E-state index contributed by atoms with van der Waals surface area (Å²) in [6.07, 6.45) is 0. The van der Waals surface area contributed by atoms with Gasteiger partial charge in [-0.05, 0) is 30.7 Å². The molecule has 0 bridgehead atoms. The van der Waals surface area contributed by atoms with Crippen molar-refractivity contribution in [1.82, 2.24) is 4.98 Å². The van der Waals surface area contributed by atoms with Gasteiger partial charge in [-0.25, -0.2) is 9.37 Å². The van der Waals surface area contributed by atoms with Gasteiger partial charge in [-0.3, -0.25) is 0 Å². The molecule has 0 saturated carbocycles. The van der Waals surface area contributed by atoms with E-state index in [0.717, 1.165) is 11.3 Å². The second-order valence-electron chi connectivity index (χ2n) is 3.65. The number of aromatic nitrogens is 1. The summed E-state index contributed by atoms with van der Waals surface area (Å²) in [5.74, 6) is 0.894. The minimum absolute atomic E-state index is 0.340. The summed E-state index contributed by atoms with van der Waals surface area (Å²) < 4.78 is 18.4. The molecule has 4 heteroatoms. The topological polar surface area (TPSA) is 22.1 Å². The van der Waals surface area contributed by atoms with Crippen LogP contribution in [0.25, 0.3) is 0 Å². The highest BCUT2D eigenvalue weighted by Gasteiger charge is 2.03. The minimum atomic E-state index is -0.340. The Balaban J connectivity index is 2.26. The van der Waals surface area contributed by atoms with Crippen molar-refractivity contribution in [3.63, 3.8) is 0 Å². The van der Waals surface area contributed by atoms with Gasteiger partial charge in [0.05, 0.1) is 0 Å². The highest BCUT2D eigenvalue weighted by atomic mass is 35.5. The minimum Gasteiger partial charge on any atom is -0.439 e. The Morgan fingerprint density at radius 1 is 1.29 bits per heavy atom. The van der Waals surface area contributed by atoms with Gasteiger partial charge in [-0.15, -0.1) is 11.6 Å². The third-order valence-corrected chi connectivity index (χ3v) is 2.47. The number of ether oxygens (including phenoxy) is 1. The summed E-state index contributed by atoms with van der Waals surface area (Å²) in [6, 6.07) is 9.55. The molecule has 0 N–H and O–H groups in total. The van der Waals surface area contributed by atoms with Crippen LogP contribution in [0.15, 0.2) is 36.4 Å². The predicted octanol–water partition coefficient (Wildman–Crippen LogP) is 4.06. The van der Waals surface area contributed by atoms with E-state index in [1.54, 1.807) is 18.2 Å². The van der Waals surface area contributed by atoms with Gasteiger partial charge in [0.1, 0.15) is 11.6 Å². The Morgan fingerprint density at radius 3 is 2.82 bits per heavy atom. The molecule has 0 saturated heterocycles. The van der Waals surface area contributed by atoms with Gasteiger partial charge in [-0.2, -0.15) is 0 Å². The molecule has 0 aliphatic carbocycles. The van der Waals surface area contributed by atoms with E-state index in [-0.39, 0.29) is 5.82 Å². The number of halogens is 2. The highest BCUT2D eigenvalue weighted by molar-refractivity contribution is 6.17. The zero-order valence-electron chi connectivity index (χ0n) is 9.28. The van der Waals surface area contributed by atoms with Gasteiger partial charge >= 0.3 is 0 Å². The molecule has 1 heterocycles. The quantitative estimate of drug-likeness (QED) is 0.768. The smallest absolute Gasteiger partial charge is 0.219 e. The molecule has 0 atom stereocenters. The van der Waals surface area contributed by atoms with Crippen molar-refractivity contribution in [1.29, 1.82) is 0 Å². The van der Waals surface area contributed by atoms with Crippen molar-refractivity contribution >= 4 is 11.6 Å². The molecule has 0 unspecified atom stereocenters. The Morgan fingerprint density at radius 2 is 2.12 bits per heavy atom. The number of aryl methyl sites for hydroxylation is 1. The first kappa shape index (κ1) is 11.9. The molecule has 17 heavy (non-hydrogen) atoms.